The topological polar surface area (TPSA) is 37.3 Å². The largest absolute Gasteiger partial charge is 0.504 e. The van der Waals surface area contributed by atoms with Crippen LogP contribution in [0.4, 0.5) is 26.3 Å². The number of alkyl halides is 3. The number of ketones is 1. The van der Waals surface area contributed by atoms with Crippen LogP contribution in [0.2, 0.25) is 0 Å². The van der Waals surface area contributed by atoms with Gasteiger partial charge in [0.05, 0.1) is 16.7 Å². The summed E-state index contributed by atoms with van der Waals surface area (Å²) in [6.45, 7) is 0. The fourth-order valence-electron chi connectivity index (χ4n) is 1.84. The minimum atomic E-state index is -5.08. The second-order valence-corrected chi connectivity index (χ2v) is 4.27. The van der Waals surface area contributed by atoms with Gasteiger partial charge >= 0.3 is 6.18 Å². The molecule has 0 fully saturated rings. The van der Waals surface area contributed by atoms with Gasteiger partial charge in [-0.2, -0.15) is 13.2 Å². The number of hydrogen-bond donors (Lipinski definition) is 1. The van der Waals surface area contributed by atoms with Gasteiger partial charge in [-0.1, -0.05) is 0 Å². The van der Waals surface area contributed by atoms with E-state index in [4.69, 9.17) is 0 Å². The zero-order valence-electron chi connectivity index (χ0n) is 10.5. The lowest BCUT2D eigenvalue weighted by atomic mass is 9.96. The third-order valence-electron chi connectivity index (χ3n) is 2.84. The smallest absolute Gasteiger partial charge is 0.417 e. The van der Waals surface area contributed by atoms with Crippen molar-refractivity contribution in [3.05, 3.63) is 64.5 Å². The summed E-state index contributed by atoms with van der Waals surface area (Å²) in [6, 6.07) is 2.13. The van der Waals surface area contributed by atoms with Crippen LogP contribution in [0.25, 0.3) is 0 Å². The number of phenolic OH excluding ortho intramolecular Hbond substituents is 1. The zero-order valence-corrected chi connectivity index (χ0v) is 10.5. The van der Waals surface area contributed by atoms with E-state index in [0.29, 0.717) is 18.2 Å². The molecule has 2 aromatic carbocycles. The fourth-order valence-corrected chi connectivity index (χ4v) is 1.84. The normalized spacial score (nSPS) is 11.5. The SMILES string of the molecule is O=C(c1ccc(F)cc1F)c1c(C(F)(F)F)ccc(F)c1O. The monoisotopic (exact) mass is 320 g/mol. The lowest BCUT2D eigenvalue weighted by molar-refractivity contribution is -0.138. The maximum absolute atomic E-state index is 13.5. The standard InChI is InChI=1S/C14H6F6O2/c15-6-1-2-7(10(17)5-6)12(21)11-8(14(18,19)20)3-4-9(16)13(11)22/h1-5,22H. The first-order valence-electron chi connectivity index (χ1n) is 5.71. The second kappa shape index (κ2) is 5.36. The second-order valence-electron chi connectivity index (χ2n) is 4.27. The Morgan fingerprint density at radius 1 is 0.955 bits per heavy atom. The van der Waals surface area contributed by atoms with E-state index >= 15 is 0 Å². The van der Waals surface area contributed by atoms with Crippen molar-refractivity contribution in [3.8, 4) is 5.75 Å². The Hall–Kier alpha value is -2.51. The van der Waals surface area contributed by atoms with Gasteiger partial charge in [-0.3, -0.25) is 4.79 Å². The van der Waals surface area contributed by atoms with E-state index in [2.05, 4.69) is 0 Å². The number of phenols is 1. The summed E-state index contributed by atoms with van der Waals surface area (Å²) >= 11 is 0. The summed E-state index contributed by atoms with van der Waals surface area (Å²) in [6.07, 6.45) is -5.08. The van der Waals surface area contributed by atoms with Crippen LogP contribution in [0.15, 0.2) is 30.3 Å². The number of carbonyl (C=O) groups is 1. The molecule has 0 aromatic heterocycles. The first kappa shape index (κ1) is 15.9. The van der Waals surface area contributed by atoms with E-state index in [-0.39, 0.29) is 12.1 Å². The predicted octanol–water partition coefficient (Wildman–Crippen LogP) is 4.06. The van der Waals surface area contributed by atoms with E-state index in [9.17, 15) is 36.2 Å². The third kappa shape index (κ3) is 2.76. The van der Waals surface area contributed by atoms with Crippen molar-refractivity contribution in [2.75, 3.05) is 0 Å². The van der Waals surface area contributed by atoms with Crippen LogP contribution in [0.5, 0.6) is 5.75 Å². The molecule has 2 nitrogen and oxygen atoms in total. The van der Waals surface area contributed by atoms with E-state index in [1.807, 2.05) is 0 Å². The molecule has 0 amide bonds. The fraction of sp³-hybridized carbons (Fsp3) is 0.0714. The van der Waals surface area contributed by atoms with Crippen molar-refractivity contribution < 1.29 is 36.2 Å². The Labute approximate surface area is 119 Å². The highest BCUT2D eigenvalue weighted by molar-refractivity contribution is 6.12. The average Bonchev–Trinajstić information content (AvgIpc) is 2.39. The maximum atomic E-state index is 13.5. The molecule has 0 aliphatic rings. The van der Waals surface area contributed by atoms with Gasteiger partial charge < -0.3 is 5.11 Å². The van der Waals surface area contributed by atoms with Gasteiger partial charge in [0, 0.05) is 6.07 Å². The summed E-state index contributed by atoms with van der Waals surface area (Å²) < 4.78 is 78.2. The number of rotatable bonds is 2. The summed E-state index contributed by atoms with van der Waals surface area (Å²) in [5.41, 5.74) is -3.98. The van der Waals surface area contributed by atoms with E-state index in [0.717, 1.165) is 0 Å². The van der Waals surface area contributed by atoms with E-state index < -0.39 is 51.9 Å². The molecule has 2 rings (SSSR count). The number of carbonyl (C=O) groups excluding carboxylic acids is 1. The molecule has 0 unspecified atom stereocenters. The van der Waals surface area contributed by atoms with Crippen molar-refractivity contribution in [2.45, 2.75) is 6.18 Å². The molecule has 0 heterocycles. The molecule has 0 saturated carbocycles. The molecule has 0 saturated heterocycles. The van der Waals surface area contributed by atoms with Crippen LogP contribution < -0.4 is 0 Å². The maximum Gasteiger partial charge on any atom is 0.417 e. The van der Waals surface area contributed by atoms with Crippen LogP contribution >= 0.6 is 0 Å². The highest BCUT2D eigenvalue weighted by Crippen LogP contribution is 2.38. The van der Waals surface area contributed by atoms with Crippen LogP contribution in [-0.4, -0.2) is 10.9 Å². The molecule has 0 atom stereocenters. The van der Waals surface area contributed by atoms with Gasteiger partial charge in [0.1, 0.15) is 11.6 Å². The molecule has 8 heteroatoms. The molecule has 22 heavy (non-hydrogen) atoms. The first-order chi connectivity index (χ1) is 10.1. The molecule has 0 bridgehead atoms. The van der Waals surface area contributed by atoms with Crippen molar-refractivity contribution in [3.63, 3.8) is 0 Å². The molecular formula is C14H6F6O2. The Bertz CT molecular complexity index is 752. The van der Waals surface area contributed by atoms with Gasteiger partial charge in [-0.05, 0) is 24.3 Å². The lowest BCUT2D eigenvalue weighted by Gasteiger charge is -2.14. The molecule has 0 aliphatic heterocycles. The average molecular weight is 320 g/mol. The van der Waals surface area contributed by atoms with E-state index in [1.165, 1.54) is 0 Å². The Morgan fingerprint density at radius 2 is 1.59 bits per heavy atom. The molecule has 0 radical (unpaired) electrons. The van der Waals surface area contributed by atoms with Crippen LogP contribution in [0, 0.1) is 17.5 Å². The zero-order chi connectivity index (χ0) is 16.7. The predicted molar refractivity (Wildman–Crippen MR) is 62.9 cm³/mol. The first-order valence-corrected chi connectivity index (χ1v) is 5.71. The van der Waals surface area contributed by atoms with Crippen molar-refractivity contribution in [1.29, 1.82) is 0 Å². The Kier molecular flexibility index (Phi) is 3.87. The Balaban J connectivity index is 2.70. The minimum Gasteiger partial charge on any atom is -0.504 e. The molecule has 0 spiro atoms. The van der Waals surface area contributed by atoms with Gasteiger partial charge in [-0.25, -0.2) is 13.2 Å². The minimum absolute atomic E-state index is 0.254. The van der Waals surface area contributed by atoms with Crippen molar-refractivity contribution in [2.24, 2.45) is 0 Å². The summed E-state index contributed by atoms with van der Waals surface area (Å²) in [7, 11) is 0. The van der Waals surface area contributed by atoms with Crippen molar-refractivity contribution in [1.82, 2.24) is 0 Å². The highest BCUT2D eigenvalue weighted by atomic mass is 19.4. The van der Waals surface area contributed by atoms with Gasteiger partial charge in [0.25, 0.3) is 0 Å². The summed E-state index contributed by atoms with van der Waals surface area (Å²) in [5, 5.41) is 9.43. The molecule has 1 N–H and O–H groups in total. The quantitative estimate of drug-likeness (QED) is 0.669. The van der Waals surface area contributed by atoms with Gasteiger partial charge in [0.15, 0.2) is 17.3 Å². The van der Waals surface area contributed by atoms with Gasteiger partial charge in [-0.15, -0.1) is 0 Å². The number of benzene rings is 2. The van der Waals surface area contributed by atoms with Crippen LogP contribution in [0.3, 0.4) is 0 Å². The van der Waals surface area contributed by atoms with Gasteiger partial charge in [0.2, 0.25) is 0 Å². The summed E-state index contributed by atoms with van der Waals surface area (Å²) in [5.74, 6) is -7.11. The Morgan fingerprint density at radius 3 is 2.14 bits per heavy atom. The molecular weight excluding hydrogens is 314 g/mol. The summed E-state index contributed by atoms with van der Waals surface area (Å²) in [4.78, 5) is 12.0. The molecule has 116 valence electrons. The third-order valence-corrected chi connectivity index (χ3v) is 2.84. The van der Waals surface area contributed by atoms with E-state index in [1.54, 1.807) is 0 Å². The number of hydrogen-bond acceptors (Lipinski definition) is 2. The lowest BCUT2D eigenvalue weighted by Crippen LogP contribution is -2.15. The van der Waals surface area contributed by atoms with Crippen LogP contribution in [-0.2, 0) is 6.18 Å². The highest BCUT2D eigenvalue weighted by Gasteiger charge is 2.38. The number of aromatic hydroxyl groups is 1. The number of halogens is 6. The molecule has 2 aromatic rings. The molecule has 0 aliphatic carbocycles. The van der Waals surface area contributed by atoms with Crippen molar-refractivity contribution >= 4 is 5.78 Å². The van der Waals surface area contributed by atoms with Crippen LogP contribution in [0.1, 0.15) is 21.5 Å².